The molecule has 1 rings (SSSR count). The Labute approximate surface area is 88.3 Å². The number of hydroxylamine groups is 2. The molecule has 0 unspecified atom stereocenters. The third-order valence-electron chi connectivity index (χ3n) is 3.37. The first-order valence-corrected chi connectivity index (χ1v) is 5.77. The molecule has 0 aromatic carbocycles. The van der Waals surface area contributed by atoms with E-state index in [0.717, 1.165) is 18.8 Å². The standard InChI is InChI=1S/C12H24NO/c1-6-7-10-8-11(2,3)13(14)12(4,5)9-10/h10H,6-9H2,1-5H3/q-1. The Kier molecular flexibility index (Phi) is 3.27. The molecule has 0 aromatic heterocycles. The molecule has 0 aromatic rings. The van der Waals surface area contributed by atoms with Gasteiger partial charge in [-0.05, 0) is 46.5 Å². The van der Waals surface area contributed by atoms with E-state index in [-0.39, 0.29) is 11.1 Å². The van der Waals surface area contributed by atoms with Gasteiger partial charge < -0.3 is 10.3 Å². The summed E-state index contributed by atoms with van der Waals surface area (Å²) in [6, 6.07) is 0. The van der Waals surface area contributed by atoms with E-state index < -0.39 is 0 Å². The smallest absolute Gasteiger partial charge is 0.00395 e. The molecule has 14 heavy (non-hydrogen) atoms. The number of piperidine rings is 1. The lowest BCUT2D eigenvalue weighted by molar-refractivity contribution is -0.0131. The van der Waals surface area contributed by atoms with Gasteiger partial charge >= 0.3 is 0 Å². The lowest BCUT2D eigenvalue weighted by Crippen LogP contribution is -2.57. The lowest BCUT2D eigenvalue weighted by Gasteiger charge is -2.60. The van der Waals surface area contributed by atoms with E-state index in [1.165, 1.54) is 17.9 Å². The zero-order valence-corrected chi connectivity index (χ0v) is 10.3. The minimum Gasteiger partial charge on any atom is -0.784 e. The third-order valence-corrected chi connectivity index (χ3v) is 3.37. The number of hydrogen-bond donors (Lipinski definition) is 0. The van der Waals surface area contributed by atoms with Gasteiger partial charge in [-0.25, -0.2) is 0 Å². The summed E-state index contributed by atoms with van der Waals surface area (Å²) in [5.41, 5.74) is -0.358. The molecule has 1 aliphatic heterocycles. The number of nitrogens with zero attached hydrogens (tertiary/aromatic N) is 1. The Morgan fingerprint density at radius 3 is 1.93 bits per heavy atom. The molecule has 1 saturated heterocycles. The largest absolute Gasteiger partial charge is 0.784 e. The topological polar surface area (TPSA) is 26.3 Å². The highest BCUT2D eigenvalue weighted by Gasteiger charge is 2.39. The summed E-state index contributed by atoms with van der Waals surface area (Å²) in [6.45, 7) is 10.5. The molecule has 2 heteroatoms. The van der Waals surface area contributed by atoms with Crippen LogP contribution in [-0.2, 0) is 0 Å². The van der Waals surface area contributed by atoms with Crippen molar-refractivity contribution in [1.82, 2.24) is 5.06 Å². The maximum Gasteiger partial charge on any atom is 0.00395 e. The molecule has 2 nitrogen and oxygen atoms in total. The van der Waals surface area contributed by atoms with Gasteiger partial charge in [0.25, 0.3) is 0 Å². The monoisotopic (exact) mass is 198 g/mol. The molecule has 1 aliphatic rings. The third kappa shape index (κ3) is 2.29. The van der Waals surface area contributed by atoms with Crippen LogP contribution in [0.5, 0.6) is 0 Å². The molecule has 1 fully saturated rings. The second-order valence-corrected chi connectivity index (χ2v) is 5.98. The molecule has 0 radical (unpaired) electrons. The van der Waals surface area contributed by atoms with E-state index in [4.69, 9.17) is 0 Å². The van der Waals surface area contributed by atoms with Gasteiger partial charge in [0.2, 0.25) is 0 Å². The van der Waals surface area contributed by atoms with Crippen LogP contribution in [0.25, 0.3) is 0 Å². The summed E-state index contributed by atoms with van der Waals surface area (Å²) >= 11 is 0. The summed E-state index contributed by atoms with van der Waals surface area (Å²) in [6.07, 6.45) is 4.60. The van der Waals surface area contributed by atoms with Crippen molar-refractivity contribution >= 4 is 0 Å². The lowest BCUT2D eigenvalue weighted by atomic mass is 9.74. The SMILES string of the molecule is CCCC1CC(C)(C)N([O-])C(C)(C)C1. The van der Waals surface area contributed by atoms with Crippen LogP contribution < -0.4 is 0 Å². The molecule has 0 aliphatic carbocycles. The van der Waals surface area contributed by atoms with Crippen LogP contribution in [0.1, 0.15) is 60.3 Å². The van der Waals surface area contributed by atoms with Crippen molar-refractivity contribution in [2.24, 2.45) is 5.92 Å². The van der Waals surface area contributed by atoms with E-state index in [0.29, 0.717) is 0 Å². The van der Waals surface area contributed by atoms with Crippen LogP contribution in [0.3, 0.4) is 0 Å². The molecule has 0 saturated carbocycles. The van der Waals surface area contributed by atoms with E-state index >= 15 is 0 Å². The average Bonchev–Trinajstić information content (AvgIpc) is 1.99. The molecular weight excluding hydrogens is 174 g/mol. The first-order chi connectivity index (χ1) is 6.29. The average molecular weight is 198 g/mol. The summed E-state index contributed by atoms with van der Waals surface area (Å²) in [5.74, 6) is 0.732. The van der Waals surface area contributed by atoms with Gasteiger partial charge in [-0.3, -0.25) is 0 Å². The summed E-state index contributed by atoms with van der Waals surface area (Å²) in [5, 5.41) is 13.3. The molecule has 0 amide bonds. The normalized spacial score (nSPS) is 27.9. The second kappa shape index (κ2) is 3.82. The van der Waals surface area contributed by atoms with Crippen LogP contribution in [-0.4, -0.2) is 16.1 Å². The van der Waals surface area contributed by atoms with Gasteiger partial charge in [-0.15, -0.1) is 0 Å². The van der Waals surface area contributed by atoms with Gasteiger partial charge in [-0.2, -0.15) is 0 Å². The van der Waals surface area contributed by atoms with Crippen molar-refractivity contribution in [2.75, 3.05) is 0 Å². The minimum atomic E-state index is -0.179. The predicted molar refractivity (Wildman–Crippen MR) is 61.0 cm³/mol. The highest BCUT2D eigenvalue weighted by molar-refractivity contribution is 5.00. The van der Waals surface area contributed by atoms with Crippen LogP contribution in [0.15, 0.2) is 0 Å². The van der Waals surface area contributed by atoms with Gasteiger partial charge in [0.15, 0.2) is 0 Å². The van der Waals surface area contributed by atoms with Crippen molar-refractivity contribution < 1.29 is 0 Å². The Bertz CT molecular complexity index is 180. The highest BCUT2D eigenvalue weighted by Crippen LogP contribution is 2.41. The quantitative estimate of drug-likeness (QED) is 0.678. The second-order valence-electron chi connectivity index (χ2n) is 5.98. The number of hydrogen-bond acceptors (Lipinski definition) is 2. The van der Waals surface area contributed by atoms with E-state index in [1.54, 1.807) is 0 Å². The van der Waals surface area contributed by atoms with Gasteiger partial charge in [0.05, 0.1) is 0 Å². The van der Waals surface area contributed by atoms with Crippen molar-refractivity contribution in [3.05, 3.63) is 5.21 Å². The van der Waals surface area contributed by atoms with Crippen molar-refractivity contribution in [2.45, 2.75) is 71.4 Å². The fraction of sp³-hybridized carbons (Fsp3) is 1.00. The van der Waals surface area contributed by atoms with Gasteiger partial charge in [0.1, 0.15) is 0 Å². The van der Waals surface area contributed by atoms with Crippen LogP contribution in [0, 0.1) is 11.1 Å². The zero-order chi connectivity index (χ0) is 11.0. The van der Waals surface area contributed by atoms with E-state index in [2.05, 4.69) is 34.6 Å². The highest BCUT2D eigenvalue weighted by atomic mass is 16.5. The molecule has 0 N–H and O–H groups in total. The first kappa shape index (κ1) is 12.0. The summed E-state index contributed by atoms with van der Waals surface area (Å²) < 4.78 is 0. The maximum absolute atomic E-state index is 12.0. The molecule has 0 bridgehead atoms. The van der Waals surface area contributed by atoms with Crippen molar-refractivity contribution in [3.63, 3.8) is 0 Å². The molecule has 1 heterocycles. The fourth-order valence-electron chi connectivity index (χ4n) is 3.08. The van der Waals surface area contributed by atoms with E-state index in [1.807, 2.05) is 0 Å². The molecular formula is C12H24NO-. The first-order valence-electron chi connectivity index (χ1n) is 5.77. The Morgan fingerprint density at radius 2 is 1.57 bits per heavy atom. The van der Waals surface area contributed by atoms with Crippen LogP contribution >= 0.6 is 0 Å². The molecule has 84 valence electrons. The Morgan fingerprint density at radius 1 is 1.14 bits per heavy atom. The van der Waals surface area contributed by atoms with Crippen molar-refractivity contribution in [3.8, 4) is 0 Å². The Balaban J connectivity index is 2.75. The van der Waals surface area contributed by atoms with Gasteiger partial charge in [-0.1, -0.05) is 19.8 Å². The number of rotatable bonds is 2. The maximum atomic E-state index is 12.0. The Hall–Kier alpha value is -0.0800. The summed E-state index contributed by atoms with van der Waals surface area (Å²) in [4.78, 5) is 0. The van der Waals surface area contributed by atoms with Crippen LogP contribution in [0.2, 0.25) is 0 Å². The van der Waals surface area contributed by atoms with E-state index in [9.17, 15) is 5.21 Å². The fourth-order valence-corrected chi connectivity index (χ4v) is 3.08. The van der Waals surface area contributed by atoms with Gasteiger partial charge in [0, 0.05) is 11.1 Å². The summed E-state index contributed by atoms with van der Waals surface area (Å²) in [7, 11) is 0. The molecule has 0 atom stereocenters. The predicted octanol–water partition coefficient (Wildman–Crippen LogP) is 3.55. The van der Waals surface area contributed by atoms with Crippen molar-refractivity contribution in [1.29, 1.82) is 0 Å². The minimum absolute atomic E-state index is 0.179. The molecule has 0 spiro atoms. The zero-order valence-electron chi connectivity index (χ0n) is 10.3. The van der Waals surface area contributed by atoms with Crippen LogP contribution in [0.4, 0.5) is 0 Å².